The average Bonchev–Trinajstić information content (AvgIpc) is 2.20. The van der Waals surface area contributed by atoms with Crippen LogP contribution in [-0.4, -0.2) is 34.7 Å². The molecule has 0 spiro atoms. The fraction of sp³-hybridized carbons (Fsp3) is 0. The van der Waals surface area contributed by atoms with Crippen molar-refractivity contribution in [1.29, 1.82) is 0 Å². The maximum absolute atomic E-state index is 9.56. The van der Waals surface area contributed by atoms with E-state index in [9.17, 15) is 5.11 Å². The van der Waals surface area contributed by atoms with Crippen LogP contribution < -0.4 is 0 Å². The van der Waals surface area contributed by atoms with Crippen LogP contribution >= 0.6 is 0 Å². The molecule has 0 aliphatic heterocycles. The third-order valence-corrected chi connectivity index (χ3v) is 1.99. The zero-order chi connectivity index (χ0) is 9.10. The molecule has 2 rings (SSSR count). The van der Waals surface area contributed by atoms with Gasteiger partial charge in [0, 0.05) is 5.56 Å². The monoisotopic (exact) mass is 194 g/mol. The van der Waals surface area contributed by atoms with E-state index in [1.54, 1.807) is 6.07 Å². The minimum absolute atomic E-state index is 0. The first kappa shape index (κ1) is 11.3. The van der Waals surface area contributed by atoms with Gasteiger partial charge >= 0.3 is 29.6 Å². The molecule has 0 aliphatic rings. The van der Waals surface area contributed by atoms with Gasteiger partial charge in [0.15, 0.2) is 0 Å². The van der Waals surface area contributed by atoms with Crippen molar-refractivity contribution in [3.8, 4) is 16.9 Å². The summed E-state index contributed by atoms with van der Waals surface area (Å²) in [5.74, 6) is 0.328. The van der Waals surface area contributed by atoms with Crippen LogP contribution in [0.15, 0.2) is 54.6 Å². The fourth-order valence-corrected chi connectivity index (χ4v) is 1.34. The van der Waals surface area contributed by atoms with Gasteiger partial charge < -0.3 is 5.11 Å². The van der Waals surface area contributed by atoms with Gasteiger partial charge in [0.2, 0.25) is 0 Å². The van der Waals surface area contributed by atoms with Crippen LogP contribution in [-0.2, 0) is 0 Å². The SMILES string of the molecule is Oc1ccccc1-c1ccccc1.[NaH]. The Hall–Kier alpha value is -0.760. The number of para-hydroxylation sites is 1. The van der Waals surface area contributed by atoms with Crippen LogP contribution in [0, 0.1) is 0 Å². The van der Waals surface area contributed by atoms with Crippen LogP contribution in [0.1, 0.15) is 0 Å². The number of phenolic OH excluding ortho intramolecular Hbond substituents is 1. The van der Waals surface area contributed by atoms with Gasteiger partial charge in [-0.25, -0.2) is 0 Å². The number of benzene rings is 2. The molecule has 1 N–H and O–H groups in total. The molecule has 0 heterocycles. The van der Waals surface area contributed by atoms with Gasteiger partial charge in [-0.05, 0) is 11.6 Å². The molecule has 0 saturated heterocycles. The third kappa shape index (κ3) is 2.38. The van der Waals surface area contributed by atoms with Gasteiger partial charge in [-0.15, -0.1) is 0 Å². The van der Waals surface area contributed by atoms with Crippen molar-refractivity contribution in [2.45, 2.75) is 0 Å². The summed E-state index contributed by atoms with van der Waals surface area (Å²) in [5, 5.41) is 9.56. The molecule has 14 heavy (non-hydrogen) atoms. The van der Waals surface area contributed by atoms with E-state index in [1.165, 1.54) is 0 Å². The molecular weight excluding hydrogens is 183 g/mol. The van der Waals surface area contributed by atoms with Gasteiger partial charge in [-0.2, -0.15) is 0 Å². The Labute approximate surface area is 106 Å². The molecule has 0 unspecified atom stereocenters. The Morgan fingerprint density at radius 3 is 1.93 bits per heavy atom. The first-order valence-electron chi connectivity index (χ1n) is 4.21. The number of aromatic hydroxyl groups is 1. The van der Waals surface area contributed by atoms with Crippen LogP contribution in [0.2, 0.25) is 0 Å². The van der Waals surface area contributed by atoms with Gasteiger partial charge in [0.05, 0.1) is 0 Å². The molecule has 0 saturated carbocycles. The molecule has 0 bridgehead atoms. The molecule has 0 aromatic heterocycles. The first-order chi connectivity index (χ1) is 6.38. The summed E-state index contributed by atoms with van der Waals surface area (Å²) in [7, 11) is 0. The Balaban J connectivity index is 0.000000980. The third-order valence-electron chi connectivity index (χ3n) is 1.99. The summed E-state index contributed by atoms with van der Waals surface area (Å²) < 4.78 is 0. The molecule has 0 radical (unpaired) electrons. The van der Waals surface area contributed by atoms with E-state index < -0.39 is 0 Å². The summed E-state index contributed by atoms with van der Waals surface area (Å²) in [6, 6.07) is 17.2. The summed E-state index contributed by atoms with van der Waals surface area (Å²) >= 11 is 0. The van der Waals surface area contributed by atoms with E-state index in [2.05, 4.69) is 0 Å². The molecular formula is C12H11NaO. The molecule has 0 amide bonds. The molecule has 1 nitrogen and oxygen atoms in total. The standard InChI is InChI=1S/C12H10O.Na.H/c13-12-9-5-4-8-11(12)10-6-2-1-3-7-10;;/h1-9,13H;;. The second-order valence-corrected chi connectivity index (χ2v) is 2.88. The Morgan fingerprint density at radius 2 is 1.29 bits per heavy atom. The molecule has 0 atom stereocenters. The predicted molar refractivity (Wildman–Crippen MR) is 60.7 cm³/mol. The topological polar surface area (TPSA) is 20.2 Å². The van der Waals surface area contributed by atoms with Crippen molar-refractivity contribution in [3.63, 3.8) is 0 Å². The van der Waals surface area contributed by atoms with Gasteiger partial charge in [-0.3, -0.25) is 0 Å². The fourth-order valence-electron chi connectivity index (χ4n) is 1.34. The molecule has 2 aromatic carbocycles. The van der Waals surface area contributed by atoms with Gasteiger partial charge in [-0.1, -0.05) is 48.5 Å². The minimum atomic E-state index is 0. The Kier molecular flexibility index (Phi) is 4.21. The average molecular weight is 194 g/mol. The van der Waals surface area contributed by atoms with Gasteiger partial charge in [0.25, 0.3) is 0 Å². The van der Waals surface area contributed by atoms with Crippen LogP contribution in [0.4, 0.5) is 0 Å². The van der Waals surface area contributed by atoms with Crippen LogP contribution in [0.25, 0.3) is 11.1 Å². The molecule has 66 valence electrons. The normalized spacial score (nSPS) is 9.14. The predicted octanol–water partition coefficient (Wildman–Crippen LogP) is 2.41. The Morgan fingerprint density at radius 1 is 0.714 bits per heavy atom. The van der Waals surface area contributed by atoms with E-state index in [0.29, 0.717) is 5.75 Å². The zero-order valence-corrected chi connectivity index (χ0v) is 7.14. The second kappa shape index (κ2) is 5.20. The van der Waals surface area contributed by atoms with Crippen molar-refractivity contribution in [3.05, 3.63) is 54.6 Å². The summed E-state index contributed by atoms with van der Waals surface area (Å²) in [5.41, 5.74) is 1.92. The quantitative estimate of drug-likeness (QED) is 0.691. The first-order valence-corrected chi connectivity index (χ1v) is 4.21. The van der Waals surface area contributed by atoms with Crippen molar-refractivity contribution in [2.24, 2.45) is 0 Å². The van der Waals surface area contributed by atoms with Crippen molar-refractivity contribution >= 4 is 29.6 Å². The summed E-state index contributed by atoms with van der Waals surface area (Å²) in [6.45, 7) is 0. The number of hydrogen-bond donors (Lipinski definition) is 1. The van der Waals surface area contributed by atoms with E-state index in [-0.39, 0.29) is 29.6 Å². The van der Waals surface area contributed by atoms with Crippen molar-refractivity contribution < 1.29 is 5.11 Å². The Bertz CT molecular complexity index is 398. The molecule has 2 aromatic rings. The molecule has 0 fully saturated rings. The second-order valence-electron chi connectivity index (χ2n) is 2.88. The maximum atomic E-state index is 9.56. The van der Waals surface area contributed by atoms with Crippen LogP contribution in [0.5, 0.6) is 5.75 Å². The van der Waals surface area contributed by atoms with Crippen LogP contribution in [0.3, 0.4) is 0 Å². The van der Waals surface area contributed by atoms with Crippen molar-refractivity contribution in [1.82, 2.24) is 0 Å². The molecule has 2 heteroatoms. The number of rotatable bonds is 1. The number of hydrogen-bond acceptors (Lipinski definition) is 1. The van der Waals surface area contributed by atoms with Gasteiger partial charge in [0.1, 0.15) is 5.75 Å². The van der Waals surface area contributed by atoms with E-state index in [1.807, 2.05) is 48.5 Å². The zero-order valence-electron chi connectivity index (χ0n) is 7.14. The summed E-state index contributed by atoms with van der Waals surface area (Å²) in [4.78, 5) is 0. The summed E-state index contributed by atoms with van der Waals surface area (Å²) in [6.07, 6.45) is 0. The number of phenols is 1. The molecule has 0 aliphatic carbocycles. The van der Waals surface area contributed by atoms with E-state index >= 15 is 0 Å². The van der Waals surface area contributed by atoms with Crippen molar-refractivity contribution in [2.75, 3.05) is 0 Å². The van der Waals surface area contributed by atoms with E-state index in [4.69, 9.17) is 0 Å². The van der Waals surface area contributed by atoms with E-state index in [0.717, 1.165) is 11.1 Å².